The van der Waals surface area contributed by atoms with Crippen molar-refractivity contribution in [3.8, 4) is 0 Å². The van der Waals surface area contributed by atoms with E-state index >= 15 is 0 Å². The van der Waals surface area contributed by atoms with Crippen molar-refractivity contribution in [3.63, 3.8) is 0 Å². The van der Waals surface area contributed by atoms with Gasteiger partial charge in [-0.2, -0.15) is 5.10 Å². The van der Waals surface area contributed by atoms with Crippen LogP contribution in [-0.4, -0.2) is 58.1 Å². The summed E-state index contributed by atoms with van der Waals surface area (Å²) in [7, 11) is 0. The molecule has 5 heterocycles. The third-order valence-corrected chi connectivity index (χ3v) is 5.87. The molecule has 4 fully saturated rings. The van der Waals surface area contributed by atoms with E-state index in [1.165, 1.54) is 13.0 Å². The molecular weight excluding hydrogens is 300 g/mol. The van der Waals surface area contributed by atoms with Gasteiger partial charge in [-0.05, 0) is 43.0 Å². The summed E-state index contributed by atoms with van der Waals surface area (Å²) in [6.45, 7) is 4.26. The average molecular weight is 317 g/mol. The Labute approximate surface area is 133 Å². The second-order valence-electron chi connectivity index (χ2n) is 6.76. The number of nitrogens with zero attached hydrogens (tertiary/aromatic N) is 3. The van der Waals surface area contributed by atoms with Gasteiger partial charge in [0.1, 0.15) is 0 Å². The first kappa shape index (κ1) is 12.9. The van der Waals surface area contributed by atoms with Crippen LogP contribution in [0.2, 0.25) is 5.02 Å². The van der Waals surface area contributed by atoms with Crippen molar-refractivity contribution >= 4 is 28.4 Å². The van der Waals surface area contributed by atoms with Crippen LogP contribution in [0, 0.1) is 11.8 Å². The average Bonchev–Trinajstić information content (AvgIpc) is 3.05. The van der Waals surface area contributed by atoms with E-state index in [1.54, 1.807) is 0 Å². The summed E-state index contributed by atoms with van der Waals surface area (Å²) in [5.74, 6) is 1.40. The molecule has 4 saturated heterocycles. The Bertz CT molecular complexity index is 773. The van der Waals surface area contributed by atoms with Gasteiger partial charge in [0, 0.05) is 36.1 Å². The van der Waals surface area contributed by atoms with Gasteiger partial charge in [0.15, 0.2) is 5.69 Å². The number of piperidine rings is 3. The summed E-state index contributed by atoms with van der Waals surface area (Å²) in [5.41, 5.74) is 1.35. The lowest BCUT2D eigenvalue weighted by Gasteiger charge is -2.44. The lowest BCUT2D eigenvalue weighted by molar-refractivity contribution is 0.0420. The molecule has 1 amide bonds. The highest BCUT2D eigenvalue weighted by molar-refractivity contribution is 6.31. The zero-order chi connectivity index (χ0) is 14.8. The number of fused-ring (bicyclic) bond motifs is 2. The Morgan fingerprint density at radius 3 is 3.05 bits per heavy atom. The van der Waals surface area contributed by atoms with E-state index in [9.17, 15) is 4.79 Å². The Balaban J connectivity index is 1.51. The van der Waals surface area contributed by atoms with Gasteiger partial charge in [-0.1, -0.05) is 11.6 Å². The van der Waals surface area contributed by atoms with Gasteiger partial charge in [-0.3, -0.25) is 9.89 Å². The Hall–Kier alpha value is -1.59. The zero-order valence-electron chi connectivity index (χ0n) is 12.1. The maximum atomic E-state index is 13.0. The number of aromatic amines is 1. The molecule has 0 saturated carbocycles. The van der Waals surface area contributed by atoms with Gasteiger partial charge in [0.05, 0.1) is 5.52 Å². The molecule has 1 aromatic carbocycles. The molecule has 5 nitrogen and oxygen atoms in total. The maximum absolute atomic E-state index is 13.0. The van der Waals surface area contributed by atoms with Gasteiger partial charge >= 0.3 is 0 Å². The van der Waals surface area contributed by atoms with Crippen molar-refractivity contribution in [2.45, 2.75) is 12.5 Å². The number of hydrogen-bond donors (Lipinski definition) is 1. The smallest absolute Gasteiger partial charge is 0.275 e. The summed E-state index contributed by atoms with van der Waals surface area (Å²) in [6.07, 6.45) is 1.23. The van der Waals surface area contributed by atoms with Crippen LogP contribution >= 0.6 is 11.6 Å². The van der Waals surface area contributed by atoms with Crippen LogP contribution in [-0.2, 0) is 0 Å². The molecule has 0 spiro atoms. The topological polar surface area (TPSA) is 52.2 Å². The molecule has 114 valence electrons. The number of aromatic nitrogens is 2. The largest absolute Gasteiger partial charge is 0.332 e. The maximum Gasteiger partial charge on any atom is 0.275 e. The molecular formula is C16H17ClN4O. The first-order valence-corrected chi connectivity index (χ1v) is 8.25. The molecule has 1 N–H and O–H groups in total. The van der Waals surface area contributed by atoms with Gasteiger partial charge in [-0.25, -0.2) is 0 Å². The van der Waals surface area contributed by atoms with Crippen molar-refractivity contribution in [1.29, 1.82) is 0 Å². The summed E-state index contributed by atoms with van der Waals surface area (Å²) < 4.78 is 0. The minimum absolute atomic E-state index is 0.0647. The molecule has 4 aliphatic rings. The van der Waals surface area contributed by atoms with E-state index in [0.717, 1.165) is 30.5 Å². The van der Waals surface area contributed by atoms with Gasteiger partial charge in [-0.15, -0.1) is 0 Å². The summed E-state index contributed by atoms with van der Waals surface area (Å²) in [4.78, 5) is 17.6. The number of amides is 1. The molecule has 2 unspecified atom stereocenters. The molecule has 6 heteroatoms. The first-order valence-electron chi connectivity index (χ1n) is 7.87. The normalized spacial score (nSPS) is 32.9. The molecule has 4 atom stereocenters. The molecule has 0 aliphatic carbocycles. The molecule has 1 aromatic heterocycles. The lowest BCUT2D eigenvalue weighted by Crippen LogP contribution is -2.54. The SMILES string of the molecule is O=C(c1n[nH]c2cc(Cl)ccc12)N1C[C@@H]2C[N@@]3CCC2C1C3. The second-order valence-corrected chi connectivity index (χ2v) is 7.20. The molecule has 0 radical (unpaired) electrons. The Morgan fingerprint density at radius 2 is 2.23 bits per heavy atom. The van der Waals surface area contributed by atoms with E-state index in [1.807, 2.05) is 18.2 Å². The van der Waals surface area contributed by atoms with Crippen molar-refractivity contribution in [1.82, 2.24) is 20.0 Å². The minimum atomic E-state index is 0.0647. The quantitative estimate of drug-likeness (QED) is 0.875. The number of likely N-dealkylation sites (tertiary alicyclic amines) is 1. The van der Waals surface area contributed by atoms with Crippen molar-refractivity contribution in [3.05, 3.63) is 28.9 Å². The Kier molecular flexibility index (Phi) is 2.62. The second kappa shape index (κ2) is 4.46. The number of benzene rings is 1. The highest BCUT2D eigenvalue weighted by Gasteiger charge is 2.51. The van der Waals surface area contributed by atoms with Crippen LogP contribution < -0.4 is 0 Å². The fourth-order valence-corrected chi connectivity index (χ4v) is 4.81. The van der Waals surface area contributed by atoms with Gasteiger partial charge < -0.3 is 9.80 Å². The standard InChI is InChI=1S/C16H17ClN4O/c17-10-1-2-12-13(5-10)18-19-15(12)16(22)21-7-9-6-20-4-3-11(9)14(21)8-20/h1-2,5,9,11,14H,3-4,6-8H2,(H,18,19)/t9-,11?,14?/m0/s1. The van der Waals surface area contributed by atoms with Crippen LogP contribution in [0.3, 0.4) is 0 Å². The number of rotatable bonds is 1. The van der Waals surface area contributed by atoms with E-state index in [2.05, 4.69) is 20.0 Å². The van der Waals surface area contributed by atoms with E-state index in [-0.39, 0.29) is 5.91 Å². The number of hydrogen-bond acceptors (Lipinski definition) is 3. The highest BCUT2D eigenvalue weighted by Crippen LogP contribution is 2.42. The van der Waals surface area contributed by atoms with Crippen LogP contribution in [0.1, 0.15) is 16.9 Å². The lowest BCUT2D eigenvalue weighted by atomic mass is 9.80. The highest BCUT2D eigenvalue weighted by atomic mass is 35.5. The van der Waals surface area contributed by atoms with Crippen LogP contribution in [0.25, 0.3) is 10.9 Å². The van der Waals surface area contributed by atoms with Crippen LogP contribution in [0.5, 0.6) is 0 Å². The minimum Gasteiger partial charge on any atom is -0.332 e. The summed E-state index contributed by atoms with van der Waals surface area (Å²) >= 11 is 6.00. The fraction of sp³-hybridized carbons (Fsp3) is 0.500. The molecule has 2 aromatic rings. The zero-order valence-corrected chi connectivity index (χ0v) is 12.9. The molecule has 6 rings (SSSR count). The van der Waals surface area contributed by atoms with Crippen LogP contribution in [0.15, 0.2) is 18.2 Å². The van der Waals surface area contributed by atoms with Crippen molar-refractivity contribution in [2.75, 3.05) is 26.2 Å². The van der Waals surface area contributed by atoms with Crippen LogP contribution in [0.4, 0.5) is 0 Å². The predicted octanol–water partition coefficient (Wildman–Crippen LogP) is 1.99. The number of carbonyl (C=O) groups is 1. The van der Waals surface area contributed by atoms with E-state index in [4.69, 9.17) is 11.6 Å². The van der Waals surface area contributed by atoms with E-state index < -0.39 is 0 Å². The van der Waals surface area contributed by atoms with Gasteiger partial charge in [0.2, 0.25) is 0 Å². The third kappa shape index (κ3) is 1.69. The van der Waals surface area contributed by atoms with E-state index in [0.29, 0.717) is 28.6 Å². The third-order valence-electron chi connectivity index (χ3n) is 5.64. The summed E-state index contributed by atoms with van der Waals surface area (Å²) in [5, 5.41) is 8.72. The number of H-pyrrole nitrogens is 1. The van der Waals surface area contributed by atoms with Crippen molar-refractivity contribution < 1.29 is 4.79 Å². The fourth-order valence-electron chi connectivity index (χ4n) is 4.63. The molecule has 4 aliphatic heterocycles. The number of nitrogens with one attached hydrogen (secondary N) is 1. The summed E-state index contributed by atoms with van der Waals surface area (Å²) in [6, 6.07) is 5.88. The molecule has 22 heavy (non-hydrogen) atoms. The number of halogens is 1. The van der Waals surface area contributed by atoms with Gasteiger partial charge in [0.25, 0.3) is 5.91 Å². The first-order chi connectivity index (χ1) is 10.7. The number of carbonyl (C=O) groups excluding carboxylic acids is 1. The molecule has 4 bridgehead atoms. The monoisotopic (exact) mass is 316 g/mol. The van der Waals surface area contributed by atoms with Crippen molar-refractivity contribution in [2.24, 2.45) is 11.8 Å². The predicted molar refractivity (Wildman–Crippen MR) is 84.0 cm³/mol. The Morgan fingerprint density at radius 1 is 1.32 bits per heavy atom.